The van der Waals surface area contributed by atoms with E-state index < -0.39 is 0 Å². The molecule has 3 aromatic rings. The van der Waals surface area contributed by atoms with Crippen LogP contribution in [0.4, 0.5) is 11.4 Å². The van der Waals surface area contributed by atoms with Crippen LogP contribution in [0, 0.1) is 13.8 Å². The van der Waals surface area contributed by atoms with E-state index in [1.807, 2.05) is 0 Å². The van der Waals surface area contributed by atoms with Gasteiger partial charge in [0.05, 0.1) is 0 Å². The van der Waals surface area contributed by atoms with Crippen LogP contribution in [0.3, 0.4) is 0 Å². The van der Waals surface area contributed by atoms with Crippen molar-refractivity contribution in [3.63, 3.8) is 0 Å². The molecule has 0 bridgehead atoms. The van der Waals surface area contributed by atoms with Crippen LogP contribution in [0.25, 0.3) is 10.8 Å². The highest BCUT2D eigenvalue weighted by atomic mass is 15.1. The van der Waals surface area contributed by atoms with Gasteiger partial charge in [-0.05, 0) is 48.6 Å². The van der Waals surface area contributed by atoms with Crippen molar-refractivity contribution in [2.45, 2.75) is 13.8 Å². The summed E-state index contributed by atoms with van der Waals surface area (Å²) in [7, 11) is 2.13. The van der Waals surface area contributed by atoms with E-state index in [0.717, 1.165) is 0 Å². The Morgan fingerprint density at radius 2 is 1.50 bits per heavy atom. The Hall–Kier alpha value is -2.28. The molecule has 1 heteroatoms. The third-order valence-corrected chi connectivity index (χ3v) is 4.01. The van der Waals surface area contributed by atoms with Crippen molar-refractivity contribution in [2.75, 3.05) is 11.9 Å². The molecule has 100 valence electrons. The molecular formula is C19H19N. The lowest BCUT2D eigenvalue weighted by molar-refractivity contribution is 1.20. The number of rotatable bonds is 2. The largest absolute Gasteiger partial charge is 0.344 e. The molecule has 0 atom stereocenters. The summed E-state index contributed by atoms with van der Waals surface area (Å²) in [6.45, 7) is 4.31. The quantitative estimate of drug-likeness (QED) is 0.611. The molecule has 0 aromatic heterocycles. The molecule has 0 saturated heterocycles. The zero-order valence-corrected chi connectivity index (χ0v) is 12.2. The van der Waals surface area contributed by atoms with Gasteiger partial charge in [0.15, 0.2) is 0 Å². The Morgan fingerprint density at radius 3 is 2.30 bits per heavy atom. The fourth-order valence-electron chi connectivity index (χ4n) is 2.57. The Kier molecular flexibility index (Phi) is 3.19. The number of hydrogen-bond acceptors (Lipinski definition) is 1. The third kappa shape index (κ3) is 2.16. The second kappa shape index (κ2) is 5.01. The summed E-state index contributed by atoms with van der Waals surface area (Å²) < 4.78 is 0. The van der Waals surface area contributed by atoms with Crippen LogP contribution in [-0.4, -0.2) is 7.05 Å². The van der Waals surface area contributed by atoms with Gasteiger partial charge in [0.2, 0.25) is 0 Å². The highest BCUT2D eigenvalue weighted by Crippen LogP contribution is 2.31. The van der Waals surface area contributed by atoms with Crippen LogP contribution < -0.4 is 4.90 Å². The van der Waals surface area contributed by atoms with Crippen LogP contribution in [0.15, 0.2) is 60.7 Å². The van der Waals surface area contributed by atoms with E-state index in [9.17, 15) is 0 Å². The fraction of sp³-hybridized carbons (Fsp3) is 0.158. The Balaban J connectivity index is 2.12. The van der Waals surface area contributed by atoms with Gasteiger partial charge >= 0.3 is 0 Å². The molecule has 20 heavy (non-hydrogen) atoms. The molecule has 0 aliphatic rings. The van der Waals surface area contributed by atoms with E-state index in [2.05, 4.69) is 86.5 Å². The van der Waals surface area contributed by atoms with Gasteiger partial charge in [0.25, 0.3) is 0 Å². The lowest BCUT2D eigenvalue weighted by atomic mass is 10.1. The Bertz CT molecular complexity index is 753. The van der Waals surface area contributed by atoms with Crippen molar-refractivity contribution in [1.29, 1.82) is 0 Å². The first-order chi connectivity index (χ1) is 9.66. The average molecular weight is 261 g/mol. The van der Waals surface area contributed by atoms with Gasteiger partial charge in [-0.3, -0.25) is 0 Å². The van der Waals surface area contributed by atoms with Crippen molar-refractivity contribution in [3.8, 4) is 0 Å². The van der Waals surface area contributed by atoms with E-state index >= 15 is 0 Å². The lowest BCUT2D eigenvalue weighted by Crippen LogP contribution is -2.10. The molecule has 0 radical (unpaired) electrons. The third-order valence-electron chi connectivity index (χ3n) is 4.01. The summed E-state index contributed by atoms with van der Waals surface area (Å²) in [6, 6.07) is 21.6. The summed E-state index contributed by atoms with van der Waals surface area (Å²) >= 11 is 0. The van der Waals surface area contributed by atoms with Gasteiger partial charge in [-0.15, -0.1) is 0 Å². The summed E-state index contributed by atoms with van der Waals surface area (Å²) in [5.74, 6) is 0. The zero-order chi connectivity index (χ0) is 14.1. The molecule has 0 spiro atoms. The van der Waals surface area contributed by atoms with Gasteiger partial charge in [-0.25, -0.2) is 0 Å². The minimum atomic E-state index is 1.23. The number of anilines is 2. The van der Waals surface area contributed by atoms with Gasteiger partial charge < -0.3 is 4.90 Å². The fourth-order valence-corrected chi connectivity index (χ4v) is 2.57. The van der Waals surface area contributed by atoms with Gasteiger partial charge in [-0.2, -0.15) is 0 Å². The normalized spacial score (nSPS) is 10.8. The van der Waals surface area contributed by atoms with Crippen molar-refractivity contribution >= 4 is 22.1 Å². The van der Waals surface area contributed by atoms with Crippen LogP contribution in [0.5, 0.6) is 0 Å². The molecule has 0 fully saturated rings. The van der Waals surface area contributed by atoms with Crippen molar-refractivity contribution in [1.82, 2.24) is 0 Å². The minimum Gasteiger partial charge on any atom is -0.344 e. The summed E-state index contributed by atoms with van der Waals surface area (Å²) in [6.07, 6.45) is 0. The Labute approximate surface area is 120 Å². The second-order valence-electron chi connectivity index (χ2n) is 5.33. The number of hydrogen-bond donors (Lipinski definition) is 0. The van der Waals surface area contributed by atoms with Crippen LogP contribution in [0.1, 0.15) is 11.1 Å². The van der Waals surface area contributed by atoms with Crippen molar-refractivity contribution in [2.24, 2.45) is 0 Å². The number of benzene rings is 3. The minimum absolute atomic E-state index is 1.23. The SMILES string of the molecule is Cc1ccc(N(C)c2cccc3ccccc23)cc1C. The van der Waals surface area contributed by atoms with Crippen molar-refractivity contribution in [3.05, 3.63) is 71.8 Å². The van der Waals surface area contributed by atoms with Gasteiger partial charge in [0, 0.05) is 23.8 Å². The zero-order valence-electron chi connectivity index (χ0n) is 12.2. The van der Waals surface area contributed by atoms with Crippen LogP contribution >= 0.6 is 0 Å². The van der Waals surface area contributed by atoms with Crippen molar-refractivity contribution < 1.29 is 0 Å². The topological polar surface area (TPSA) is 3.24 Å². The average Bonchev–Trinajstić information content (AvgIpc) is 2.49. The van der Waals surface area contributed by atoms with Gasteiger partial charge in [-0.1, -0.05) is 42.5 Å². The van der Waals surface area contributed by atoms with Crippen LogP contribution in [-0.2, 0) is 0 Å². The molecule has 0 N–H and O–H groups in total. The molecule has 0 aliphatic carbocycles. The summed E-state index contributed by atoms with van der Waals surface area (Å²) in [5, 5.41) is 2.57. The summed E-state index contributed by atoms with van der Waals surface area (Å²) in [5.41, 5.74) is 5.13. The molecule has 1 nitrogen and oxygen atoms in total. The predicted molar refractivity (Wildman–Crippen MR) is 87.9 cm³/mol. The highest BCUT2D eigenvalue weighted by Gasteiger charge is 2.08. The van der Waals surface area contributed by atoms with Gasteiger partial charge in [0.1, 0.15) is 0 Å². The first-order valence-corrected chi connectivity index (χ1v) is 6.95. The molecule has 0 unspecified atom stereocenters. The number of aryl methyl sites for hydroxylation is 2. The first kappa shape index (κ1) is 12.7. The van der Waals surface area contributed by atoms with E-state index in [-0.39, 0.29) is 0 Å². The molecule has 0 saturated carbocycles. The van der Waals surface area contributed by atoms with E-state index in [4.69, 9.17) is 0 Å². The molecular weight excluding hydrogens is 242 g/mol. The lowest BCUT2D eigenvalue weighted by Gasteiger charge is -2.22. The molecule has 0 aliphatic heterocycles. The Morgan fingerprint density at radius 1 is 0.750 bits per heavy atom. The van der Waals surface area contributed by atoms with Crippen LogP contribution in [0.2, 0.25) is 0 Å². The highest BCUT2D eigenvalue weighted by molar-refractivity contribution is 5.95. The maximum atomic E-state index is 2.26. The smallest absolute Gasteiger partial charge is 0.0487 e. The van der Waals surface area contributed by atoms with E-state index in [1.54, 1.807) is 0 Å². The number of fused-ring (bicyclic) bond motifs is 1. The summed E-state index contributed by atoms with van der Waals surface area (Å²) in [4.78, 5) is 2.26. The predicted octanol–water partition coefficient (Wildman–Crippen LogP) is 5.22. The molecule has 0 heterocycles. The van der Waals surface area contributed by atoms with E-state index in [0.29, 0.717) is 0 Å². The molecule has 3 aromatic carbocycles. The number of nitrogens with zero attached hydrogens (tertiary/aromatic N) is 1. The van der Waals surface area contributed by atoms with E-state index in [1.165, 1.54) is 33.3 Å². The second-order valence-corrected chi connectivity index (χ2v) is 5.33. The standard InChI is InChI=1S/C19H19N/c1-14-11-12-17(13-15(14)2)20(3)19-10-6-8-16-7-4-5-9-18(16)19/h4-13H,1-3H3. The monoisotopic (exact) mass is 261 g/mol. The maximum absolute atomic E-state index is 2.26. The molecule has 0 amide bonds. The maximum Gasteiger partial charge on any atom is 0.0487 e. The first-order valence-electron chi connectivity index (χ1n) is 6.95. The molecule has 3 rings (SSSR count).